The molecule has 104 valence electrons. The predicted molar refractivity (Wildman–Crippen MR) is 66.0 cm³/mol. The van der Waals surface area contributed by atoms with Gasteiger partial charge in [-0.15, -0.1) is 0 Å². The molecular formula is C11H12ClF2N3O2. The third kappa shape index (κ3) is 3.23. The van der Waals surface area contributed by atoms with Gasteiger partial charge in [-0.3, -0.25) is 0 Å². The fraction of sp³-hybridized carbons (Fsp3) is 0.455. The summed E-state index contributed by atoms with van der Waals surface area (Å²) in [5.41, 5.74) is -0.185. The Hall–Kier alpha value is -1.63. The number of pyridine rings is 1. The van der Waals surface area contributed by atoms with Gasteiger partial charge in [0.15, 0.2) is 0 Å². The van der Waals surface area contributed by atoms with Crippen molar-refractivity contribution >= 4 is 23.5 Å². The Balaban J connectivity index is 2.13. The van der Waals surface area contributed by atoms with Crippen molar-refractivity contribution in [2.24, 2.45) is 0 Å². The summed E-state index contributed by atoms with van der Waals surface area (Å²) in [6, 6.07) is 2.41. The van der Waals surface area contributed by atoms with E-state index in [1.165, 1.54) is 11.0 Å². The molecule has 1 amide bonds. The highest BCUT2D eigenvalue weighted by atomic mass is 35.5. The topological polar surface area (TPSA) is 56.7 Å². The van der Waals surface area contributed by atoms with Crippen molar-refractivity contribution in [3.05, 3.63) is 22.8 Å². The van der Waals surface area contributed by atoms with E-state index in [1.807, 2.05) is 0 Å². The molecule has 19 heavy (non-hydrogen) atoms. The third-order valence-corrected chi connectivity index (χ3v) is 3.12. The van der Waals surface area contributed by atoms with E-state index in [1.54, 1.807) is 4.90 Å². The minimum Gasteiger partial charge on any atom is -0.465 e. The van der Waals surface area contributed by atoms with E-state index in [0.29, 0.717) is 32.0 Å². The van der Waals surface area contributed by atoms with Gasteiger partial charge in [-0.1, -0.05) is 11.6 Å². The van der Waals surface area contributed by atoms with Crippen LogP contribution in [0.25, 0.3) is 0 Å². The molecule has 1 saturated heterocycles. The molecule has 0 aromatic carbocycles. The molecule has 2 rings (SSSR count). The smallest absolute Gasteiger partial charge is 0.407 e. The SMILES string of the molecule is O=C(O)N1CCN(c2cc(C(F)F)cc(Cl)n2)CC1. The van der Waals surface area contributed by atoms with Gasteiger partial charge in [0.25, 0.3) is 6.43 Å². The first-order valence-electron chi connectivity index (χ1n) is 5.66. The van der Waals surface area contributed by atoms with Crippen LogP contribution in [0.4, 0.5) is 19.4 Å². The van der Waals surface area contributed by atoms with Gasteiger partial charge < -0.3 is 14.9 Å². The molecule has 0 saturated carbocycles. The van der Waals surface area contributed by atoms with E-state index >= 15 is 0 Å². The number of halogens is 3. The molecule has 1 aliphatic rings. The van der Waals surface area contributed by atoms with E-state index in [2.05, 4.69) is 4.98 Å². The molecule has 0 radical (unpaired) electrons. The fourth-order valence-corrected chi connectivity index (χ4v) is 2.13. The van der Waals surface area contributed by atoms with Crippen molar-refractivity contribution in [1.82, 2.24) is 9.88 Å². The first kappa shape index (κ1) is 13.8. The number of carboxylic acid groups (broad SMARTS) is 1. The quantitative estimate of drug-likeness (QED) is 0.851. The van der Waals surface area contributed by atoms with Crippen LogP contribution in [-0.2, 0) is 0 Å². The highest BCUT2D eigenvalue weighted by Gasteiger charge is 2.22. The lowest BCUT2D eigenvalue weighted by Gasteiger charge is -2.34. The molecule has 8 heteroatoms. The van der Waals surface area contributed by atoms with Gasteiger partial charge in [-0.05, 0) is 12.1 Å². The second-order valence-electron chi connectivity index (χ2n) is 4.14. The minimum atomic E-state index is -2.61. The van der Waals surface area contributed by atoms with Crippen LogP contribution in [0.15, 0.2) is 12.1 Å². The Morgan fingerprint density at radius 1 is 1.32 bits per heavy atom. The highest BCUT2D eigenvalue weighted by Crippen LogP contribution is 2.26. The molecule has 1 N–H and O–H groups in total. The van der Waals surface area contributed by atoms with Crippen molar-refractivity contribution in [2.45, 2.75) is 6.43 Å². The van der Waals surface area contributed by atoms with E-state index in [-0.39, 0.29) is 10.7 Å². The van der Waals surface area contributed by atoms with E-state index < -0.39 is 12.5 Å². The minimum absolute atomic E-state index is 0.00784. The van der Waals surface area contributed by atoms with Crippen molar-refractivity contribution in [2.75, 3.05) is 31.1 Å². The maximum absolute atomic E-state index is 12.7. The molecule has 2 heterocycles. The number of hydrogen-bond acceptors (Lipinski definition) is 3. The molecule has 0 spiro atoms. The maximum Gasteiger partial charge on any atom is 0.407 e. The first-order chi connectivity index (χ1) is 8.97. The molecule has 0 aliphatic carbocycles. The Morgan fingerprint density at radius 2 is 1.95 bits per heavy atom. The van der Waals surface area contributed by atoms with Crippen LogP contribution in [0.1, 0.15) is 12.0 Å². The standard InChI is InChI=1S/C11H12ClF2N3O2/c12-8-5-7(10(13)14)6-9(15-8)16-1-3-17(4-2-16)11(18)19/h5-6,10H,1-4H2,(H,18,19). The number of nitrogens with zero attached hydrogens (tertiary/aromatic N) is 3. The Kier molecular flexibility index (Phi) is 4.04. The molecule has 1 aromatic rings. The number of amides is 1. The summed E-state index contributed by atoms with van der Waals surface area (Å²) in [6.07, 6.45) is -3.59. The van der Waals surface area contributed by atoms with E-state index in [9.17, 15) is 13.6 Å². The van der Waals surface area contributed by atoms with Gasteiger partial charge in [-0.2, -0.15) is 0 Å². The molecule has 0 unspecified atom stereocenters. The number of piperazine rings is 1. The van der Waals surface area contributed by atoms with Crippen LogP contribution in [0.2, 0.25) is 5.15 Å². The molecule has 0 atom stereocenters. The number of anilines is 1. The predicted octanol–water partition coefficient (Wildman–Crippen LogP) is 2.47. The van der Waals surface area contributed by atoms with Crippen LogP contribution in [0.5, 0.6) is 0 Å². The summed E-state index contributed by atoms with van der Waals surface area (Å²) in [5.74, 6) is 0.354. The van der Waals surface area contributed by atoms with Gasteiger partial charge in [0.05, 0.1) is 0 Å². The average Bonchev–Trinajstić information content (AvgIpc) is 2.38. The number of alkyl halides is 2. The largest absolute Gasteiger partial charge is 0.465 e. The van der Waals surface area contributed by atoms with Gasteiger partial charge in [-0.25, -0.2) is 18.6 Å². The average molecular weight is 292 g/mol. The van der Waals surface area contributed by atoms with Gasteiger partial charge >= 0.3 is 6.09 Å². The monoisotopic (exact) mass is 291 g/mol. The zero-order chi connectivity index (χ0) is 14.0. The number of rotatable bonds is 2. The first-order valence-corrected chi connectivity index (χ1v) is 6.03. The van der Waals surface area contributed by atoms with Crippen LogP contribution in [-0.4, -0.2) is 47.3 Å². The summed E-state index contributed by atoms with van der Waals surface area (Å²) in [6.45, 7) is 1.44. The number of carbonyl (C=O) groups is 1. The molecule has 1 aromatic heterocycles. The van der Waals surface area contributed by atoms with Crippen molar-refractivity contribution in [3.63, 3.8) is 0 Å². The van der Waals surface area contributed by atoms with Gasteiger partial charge in [0.2, 0.25) is 0 Å². The number of hydrogen-bond donors (Lipinski definition) is 1. The van der Waals surface area contributed by atoms with Crippen molar-refractivity contribution < 1.29 is 18.7 Å². The second kappa shape index (κ2) is 5.56. The number of aromatic nitrogens is 1. The molecule has 0 bridgehead atoms. The molecule has 1 fully saturated rings. The Labute approximate surface area is 113 Å². The van der Waals surface area contributed by atoms with Crippen LogP contribution >= 0.6 is 11.6 Å². The lowest BCUT2D eigenvalue weighted by molar-refractivity contribution is 0.142. The summed E-state index contributed by atoms with van der Waals surface area (Å²) in [5, 5.41) is 8.84. The Morgan fingerprint density at radius 3 is 2.47 bits per heavy atom. The summed E-state index contributed by atoms with van der Waals surface area (Å²) >= 11 is 5.72. The molecular weight excluding hydrogens is 280 g/mol. The van der Waals surface area contributed by atoms with Gasteiger partial charge in [0, 0.05) is 31.7 Å². The summed E-state index contributed by atoms with van der Waals surface area (Å²) < 4.78 is 25.3. The van der Waals surface area contributed by atoms with Crippen molar-refractivity contribution in [1.29, 1.82) is 0 Å². The lowest BCUT2D eigenvalue weighted by atomic mass is 10.2. The molecule has 5 nitrogen and oxygen atoms in total. The fourth-order valence-electron chi connectivity index (χ4n) is 1.92. The van der Waals surface area contributed by atoms with Crippen molar-refractivity contribution in [3.8, 4) is 0 Å². The Bertz CT molecular complexity index is 479. The molecule has 1 aliphatic heterocycles. The van der Waals surface area contributed by atoms with Gasteiger partial charge in [0.1, 0.15) is 11.0 Å². The van der Waals surface area contributed by atoms with E-state index in [4.69, 9.17) is 16.7 Å². The van der Waals surface area contributed by atoms with E-state index in [0.717, 1.165) is 6.07 Å². The maximum atomic E-state index is 12.7. The second-order valence-corrected chi connectivity index (χ2v) is 4.53. The summed E-state index contributed by atoms with van der Waals surface area (Å²) in [4.78, 5) is 17.8. The third-order valence-electron chi connectivity index (χ3n) is 2.93. The highest BCUT2D eigenvalue weighted by molar-refractivity contribution is 6.29. The lowest BCUT2D eigenvalue weighted by Crippen LogP contribution is -2.48. The summed E-state index contributed by atoms with van der Waals surface area (Å²) in [7, 11) is 0. The van der Waals surface area contributed by atoms with Crippen LogP contribution in [0.3, 0.4) is 0 Å². The normalized spacial score (nSPS) is 16.0. The van der Waals surface area contributed by atoms with Crippen LogP contribution < -0.4 is 4.90 Å². The zero-order valence-electron chi connectivity index (χ0n) is 9.89. The van der Waals surface area contributed by atoms with Crippen LogP contribution in [0, 0.1) is 0 Å². The zero-order valence-corrected chi connectivity index (χ0v) is 10.6.